The lowest BCUT2D eigenvalue weighted by atomic mass is 10.0. The smallest absolute Gasteiger partial charge is 0.328 e. The first kappa shape index (κ1) is 15.3. The number of rotatable bonds is 3. The van der Waals surface area contributed by atoms with Gasteiger partial charge in [0.15, 0.2) is 0 Å². The molecule has 0 atom stereocenters. The highest BCUT2D eigenvalue weighted by Crippen LogP contribution is 2.28. The second-order valence-corrected chi connectivity index (χ2v) is 5.83. The number of pyridine rings is 1. The number of aromatic nitrogens is 2. The Balaban J connectivity index is 2.28. The molecule has 0 aliphatic heterocycles. The van der Waals surface area contributed by atoms with Crippen molar-refractivity contribution in [1.29, 1.82) is 0 Å². The Bertz CT molecular complexity index is 942. The first-order chi connectivity index (χ1) is 11.0. The number of halogens is 1. The highest BCUT2D eigenvalue weighted by atomic mass is 35.5. The molecule has 0 aliphatic rings. The molecule has 3 rings (SSSR count). The van der Waals surface area contributed by atoms with E-state index in [1.54, 1.807) is 22.7 Å². The van der Waals surface area contributed by atoms with Gasteiger partial charge in [-0.3, -0.25) is 4.40 Å². The van der Waals surface area contributed by atoms with Gasteiger partial charge in [-0.2, -0.15) is 0 Å². The first-order valence-electron chi connectivity index (χ1n) is 7.12. The Kier molecular flexibility index (Phi) is 3.92. The molecule has 0 saturated heterocycles. The molecule has 1 aromatic carbocycles. The van der Waals surface area contributed by atoms with E-state index in [1.165, 1.54) is 5.56 Å². The maximum Gasteiger partial charge on any atom is 0.328 e. The molecule has 1 N–H and O–H groups in total. The molecule has 3 aromatic rings. The lowest BCUT2D eigenvalue weighted by molar-refractivity contribution is -0.131. The lowest BCUT2D eigenvalue weighted by Gasteiger charge is -2.04. The molecule has 2 aromatic heterocycles. The van der Waals surface area contributed by atoms with Crippen molar-refractivity contribution in [1.82, 2.24) is 9.38 Å². The van der Waals surface area contributed by atoms with Crippen molar-refractivity contribution in [3.63, 3.8) is 0 Å². The molecule has 0 fully saturated rings. The maximum absolute atomic E-state index is 10.9. The van der Waals surface area contributed by atoms with Gasteiger partial charge in [-0.15, -0.1) is 0 Å². The van der Waals surface area contributed by atoms with Gasteiger partial charge in [-0.1, -0.05) is 23.7 Å². The van der Waals surface area contributed by atoms with E-state index in [0.717, 1.165) is 22.9 Å². The number of fused-ring (bicyclic) bond motifs is 1. The van der Waals surface area contributed by atoms with E-state index in [2.05, 4.69) is 11.1 Å². The Morgan fingerprint density at radius 3 is 2.70 bits per heavy atom. The van der Waals surface area contributed by atoms with Crippen molar-refractivity contribution in [3.05, 3.63) is 64.4 Å². The molecule has 0 bridgehead atoms. The fourth-order valence-corrected chi connectivity index (χ4v) is 2.61. The fraction of sp³-hybridized carbons (Fsp3) is 0.111. The van der Waals surface area contributed by atoms with Crippen LogP contribution >= 0.6 is 11.6 Å². The number of hydrogen-bond donors (Lipinski definition) is 1. The Morgan fingerprint density at radius 2 is 2.00 bits per heavy atom. The lowest BCUT2D eigenvalue weighted by Crippen LogP contribution is -1.91. The molecule has 4 nitrogen and oxygen atoms in total. The van der Waals surface area contributed by atoms with Gasteiger partial charge in [0.1, 0.15) is 5.65 Å². The zero-order valence-electron chi connectivity index (χ0n) is 12.7. The van der Waals surface area contributed by atoms with E-state index in [9.17, 15) is 4.79 Å². The van der Waals surface area contributed by atoms with Crippen molar-refractivity contribution in [2.45, 2.75) is 13.8 Å². The summed E-state index contributed by atoms with van der Waals surface area (Å²) in [5, 5.41) is 9.50. The van der Waals surface area contributed by atoms with E-state index in [-0.39, 0.29) is 0 Å². The summed E-state index contributed by atoms with van der Waals surface area (Å²) in [6.45, 7) is 4.09. The topological polar surface area (TPSA) is 54.6 Å². The second kappa shape index (κ2) is 5.89. The van der Waals surface area contributed by atoms with Crippen LogP contribution < -0.4 is 0 Å². The van der Waals surface area contributed by atoms with Crippen LogP contribution in [-0.2, 0) is 4.79 Å². The summed E-state index contributed by atoms with van der Waals surface area (Å²) in [5.74, 6) is -1.01. The molecule has 0 unspecified atom stereocenters. The van der Waals surface area contributed by atoms with Crippen LogP contribution in [0.3, 0.4) is 0 Å². The van der Waals surface area contributed by atoms with Gasteiger partial charge in [0.25, 0.3) is 0 Å². The summed E-state index contributed by atoms with van der Waals surface area (Å²) in [7, 11) is 0. The number of nitrogens with zero attached hydrogens (tertiary/aromatic N) is 2. The van der Waals surface area contributed by atoms with Crippen LogP contribution in [-0.4, -0.2) is 20.5 Å². The third kappa shape index (κ3) is 2.98. The summed E-state index contributed by atoms with van der Waals surface area (Å²) in [6, 6.07) is 9.65. The summed E-state index contributed by atoms with van der Waals surface area (Å²) in [5.41, 5.74) is 5.43. The molecule has 2 heterocycles. The Hall–Kier alpha value is -2.59. The van der Waals surface area contributed by atoms with Crippen LogP contribution in [0.2, 0.25) is 5.02 Å². The third-order valence-electron chi connectivity index (χ3n) is 3.78. The van der Waals surface area contributed by atoms with Crippen molar-refractivity contribution in [3.8, 4) is 11.3 Å². The maximum atomic E-state index is 10.9. The van der Waals surface area contributed by atoms with E-state index in [0.29, 0.717) is 16.4 Å². The predicted molar refractivity (Wildman–Crippen MR) is 91.8 cm³/mol. The average Bonchev–Trinajstić information content (AvgIpc) is 2.85. The summed E-state index contributed by atoms with van der Waals surface area (Å²) in [4.78, 5) is 15.5. The molecule has 0 aliphatic carbocycles. The monoisotopic (exact) mass is 326 g/mol. The molecule has 23 heavy (non-hydrogen) atoms. The third-order valence-corrected chi connectivity index (χ3v) is 4.01. The molecular formula is C18H15ClN2O2. The van der Waals surface area contributed by atoms with Crippen LogP contribution in [0.25, 0.3) is 23.0 Å². The SMILES string of the molecule is Cc1ccc(-c2nc3ccc(Cl)cn3c2/C=C/C(=O)O)cc1C. The van der Waals surface area contributed by atoms with Crippen LogP contribution in [0.5, 0.6) is 0 Å². The van der Waals surface area contributed by atoms with E-state index in [1.807, 2.05) is 32.0 Å². The summed E-state index contributed by atoms with van der Waals surface area (Å²) in [6.07, 6.45) is 4.38. The van der Waals surface area contributed by atoms with Crippen molar-refractivity contribution < 1.29 is 9.90 Å². The van der Waals surface area contributed by atoms with Crippen molar-refractivity contribution in [2.75, 3.05) is 0 Å². The number of carbonyl (C=O) groups is 1. The minimum absolute atomic E-state index is 0.562. The van der Waals surface area contributed by atoms with Gasteiger partial charge in [-0.25, -0.2) is 9.78 Å². The van der Waals surface area contributed by atoms with Gasteiger partial charge in [0.2, 0.25) is 0 Å². The van der Waals surface area contributed by atoms with Crippen LogP contribution in [0.1, 0.15) is 16.8 Å². The number of imidazole rings is 1. The molecule has 116 valence electrons. The zero-order chi connectivity index (χ0) is 16.6. The summed E-state index contributed by atoms with van der Waals surface area (Å²) < 4.78 is 1.80. The molecule has 0 radical (unpaired) electrons. The quantitative estimate of drug-likeness (QED) is 0.727. The van der Waals surface area contributed by atoms with Gasteiger partial charge in [0, 0.05) is 17.8 Å². The molecule has 0 spiro atoms. The largest absolute Gasteiger partial charge is 0.478 e. The number of benzene rings is 1. The standard InChI is InChI=1S/C18H15ClN2O2/c1-11-3-4-13(9-12(11)2)18-15(6-8-17(22)23)21-10-14(19)5-7-16(21)20-18/h3-10H,1-2H3,(H,22,23)/b8-6+. The van der Waals surface area contributed by atoms with E-state index >= 15 is 0 Å². The highest BCUT2D eigenvalue weighted by molar-refractivity contribution is 6.30. The average molecular weight is 327 g/mol. The second-order valence-electron chi connectivity index (χ2n) is 5.39. The number of aliphatic carboxylic acids is 1. The Morgan fingerprint density at radius 1 is 1.22 bits per heavy atom. The molecular weight excluding hydrogens is 312 g/mol. The van der Waals surface area contributed by atoms with Crippen LogP contribution in [0.4, 0.5) is 0 Å². The van der Waals surface area contributed by atoms with E-state index < -0.39 is 5.97 Å². The number of hydrogen-bond acceptors (Lipinski definition) is 2. The molecule has 0 amide bonds. The number of carboxylic acids is 1. The van der Waals surface area contributed by atoms with Gasteiger partial charge in [0.05, 0.1) is 16.4 Å². The molecule has 5 heteroatoms. The fourth-order valence-electron chi connectivity index (χ4n) is 2.45. The van der Waals surface area contributed by atoms with Crippen LogP contribution in [0.15, 0.2) is 42.6 Å². The van der Waals surface area contributed by atoms with Crippen molar-refractivity contribution in [2.24, 2.45) is 0 Å². The Labute approximate surface area is 138 Å². The normalized spacial score (nSPS) is 11.4. The minimum Gasteiger partial charge on any atom is -0.478 e. The van der Waals surface area contributed by atoms with Gasteiger partial charge in [-0.05, 0) is 49.2 Å². The zero-order valence-corrected chi connectivity index (χ0v) is 13.5. The highest BCUT2D eigenvalue weighted by Gasteiger charge is 2.13. The van der Waals surface area contributed by atoms with E-state index in [4.69, 9.17) is 16.7 Å². The summed E-state index contributed by atoms with van der Waals surface area (Å²) >= 11 is 6.07. The van der Waals surface area contributed by atoms with Crippen LogP contribution in [0, 0.1) is 13.8 Å². The van der Waals surface area contributed by atoms with Gasteiger partial charge < -0.3 is 5.11 Å². The minimum atomic E-state index is -1.01. The molecule has 0 saturated carbocycles. The number of carboxylic acid groups (broad SMARTS) is 1. The number of aryl methyl sites for hydroxylation is 2. The van der Waals surface area contributed by atoms with Gasteiger partial charge >= 0.3 is 5.97 Å². The first-order valence-corrected chi connectivity index (χ1v) is 7.50. The van der Waals surface area contributed by atoms with Crippen molar-refractivity contribution >= 4 is 29.3 Å². The predicted octanol–water partition coefficient (Wildman–Crippen LogP) is 4.37.